The quantitative estimate of drug-likeness (QED) is 0.778. The molecule has 0 bridgehead atoms. The zero-order valence-corrected chi connectivity index (χ0v) is 12.5. The van der Waals surface area contributed by atoms with Crippen LogP contribution in [0.5, 0.6) is 0 Å². The number of fused-ring (bicyclic) bond motifs is 1. The molecule has 1 aliphatic heterocycles. The SMILES string of the molecule is Clc1ccc(C2Nn3c(nnc3-c3ccccc3)S2)cc1. The number of halogens is 1. The summed E-state index contributed by atoms with van der Waals surface area (Å²) in [6, 6.07) is 17.9. The third-order valence-electron chi connectivity index (χ3n) is 3.31. The van der Waals surface area contributed by atoms with Crippen molar-refractivity contribution in [1.29, 1.82) is 0 Å². The van der Waals surface area contributed by atoms with Crippen molar-refractivity contribution in [3.8, 4) is 11.4 Å². The smallest absolute Gasteiger partial charge is 0.212 e. The molecule has 0 aliphatic carbocycles. The van der Waals surface area contributed by atoms with Crippen LogP contribution in [-0.2, 0) is 0 Å². The molecule has 0 saturated carbocycles. The van der Waals surface area contributed by atoms with Gasteiger partial charge in [-0.1, -0.05) is 65.8 Å². The van der Waals surface area contributed by atoms with Crippen molar-refractivity contribution in [2.24, 2.45) is 0 Å². The second-order valence-electron chi connectivity index (χ2n) is 4.69. The van der Waals surface area contributed by atoms with Crippen molar-refractivity contribution in [2.75, 3.05) is 5.43 Å². The van der Waals surface area contributed by atoms with Crippen LogP contribution in [0.15, 0.2) is 59.8 Å². The summed E-state index contributed by atoms with van der Waals surface area (Å²) in [5.41, 5.74) is 5.63. The van der Waals surface area contributed by atoms with E-state index in [1.807, 2.05) is 59.3 Å². The van der Waals surface area contributed by atoms with Gasteiger partial charge in [0.1, 0.15) is 5.37 Å². The second kappa shape index (κ2) is 5.09. The highest BCUT2D eigenvalue weighted by atomic mass is 35.5. The normalized spacial score (nSPS) is 16.5. The van der Waals surface area contributed by atoms with E-state index in [1.165, 1.54) is 0 Å². The third kappa shape index (κ3) is 2.28. The van der Waals surface area contributed by atoms with E-state index in [1.54, 1.807) is 11.8 Å². The Kier molecular flexibility index (Phi) is 3.09. The third-order valence-corrected chi connectivity index (χ3v) is 4.65. The number of rotatable bonds is 2. The van der Waals surface area contributed by atoms with E-state index in [9.17, 15) is 0 Å². The molecule has 0 fully saturated rings. The van der Waals surface area contributed by atoms with Gasteiger partial charge in [-0.2, -0.15) is 0 Å². The molecule has 2 aromatic carbocycles. The Bertz CT molecular complexity index is 770. The van der Waals surface area contributed by atoms with E-state index in [0.29, 0.717) is 0 Å². The zero-order valence-electron chi connectivity index (χ0n) is 10.9. The van der Waals surface area contributed by atoms with E-state index in [2.05, 4.69) is 15.6 Å². The van der Waals surface area contributed by atoms with Gasteiger partial charge in [0.05, 0.1) is 0 Å². The molecule has 0 saturated heterocycles. The van der Waals surface area contributed by atoms with Crippen LogP contribution in [0.25, 0.3) is 11.4 Å². The van der Waals surface area contributed by atoms with Gasteiger partial charge in [-0.3, -0.25) is 0 Å². The predicted octanol–water partition coefficient (Wildman–Crippen LogP) is 3.95. The zero-order chi connectivity index (χ0) is 14.2. The van der Waals surface area contributed by atoms with Crippen molar-refractivity contribution in [3.63, 3.8) is 0 Å². The van der Waals surface area contributed by atoms with Gasteiger partial charge in [-0.05, 0) is 17.7 Å². The van der Waals surface area contributed by atoms with Crippen LogP contribution < -0.4 is 5.43 Å². The summed E-state index contributed by atoms with van der Waals surface area (Å²) in [4.78, 5) is 0. The van der Waals surface area contributed by atoms with E-state index < -0.39 is 0 Å². The van der Waals surface area contributed by atoms with Gasteiger partial charge < -0.3 is 5.43 Å². The minimum atomic E-state index is 0.121. The molecule has 6 heteroatoms. The van der Waals surface area contributed by atoms with Gasteiger partial charge in [0.2, 0.25) is 5.16 Å². The number of hydrogen-bond acceptors (Lipinski definition) is 4. The molecule has 1 aliphatic rings. The summed E-state index contributed by atoms with van der Waals surface area (Å²) in [5.74, 6) is 0.828. The summed E-state index contributed by atoms with van der Waals surface area (Å²) in [5, 5.41) is 10.2. The predicted molar refractivity (Wildman–Crippen MR) is 84.9 cm³/mol. The summed E-state index contributed by atoms with van der Waals surface area (Å²) in [7, 11) is 0. The molecule has 4 nitrogen and oxygen atoms in total. The first kappa shape index (κ1) is 12.7. The first-order valence-corrected chi connectivity index (χ1v) is 7.76. The minimum absolute atomic E-state index is 0.121. The molecule has 1 atom stereocenters. The molecule has 104 valence electrons. The summed E-state index contributed by atoms with van der Waals surface area (Å²) in [6.45, 7) is 0. The van der Waals surface area contributed by atoms with Crippen LogP contribution in [0, 0.1) is 0 Å². The monoisotopic (exact) mass is 314 g/mol. The molecule has 1 aromatic heterocycles. The minimum Gasteiger partial charge on any atom is -0.304 e. The Labute approximate surface area is 131 Å². The van der Waals surface area contributed by atoms with E-state index in [0.717, 1.165) is 27.1 Å². The topological polar surface area (TPSA) is 42.7 Å². The number of thioether (sulfide) groups is 1. The number of benzene rings is 2. The van der Waals surface area contributed by atoms with Crippen molar-refractivity contribution in [3.05, 3.63) is 65.2 Å². The van der Waals surface area contributed by atoms with Gasteiger partial charge in [-0.15, -0.1) is 10.2 Å². The van der Waals surface area contributed by atoms with Gasteiger partial charge in [-0.25, -0.2) is 4.68 Å². The highest BCUT2D eigenvalue weighted by Crippen LogP contribution is 2.40. The van der Waals surface area contributed by atoms with E-state index in [4.69, 9.17) is 11.6 Å². The Hall–Kier alpha value is -1.98. The lowest BCUT2D eigenvalue weighted by Crippen LogP contribution is -2.13. The van der Waals surface area contributed by atoms with Crippen LogP contribution in [-0.4, -0.2) is 14.9 Å². The first-order valence-electron chi connectivity index (χ1n) is 6.51. The van der Waals surface area contributed by atoms with Crippen molar-refractivity contribution >= 4 is 23.4 Å². The van der Waals surface area contributed by atoms with Crippen LogP contribution in [0.2, 0.25) is 5.02 Å². The molecular formula is C15H11ClN4S. The fourth-order valence-corrected chi connectivity index (χ4v) is 3.39. The Morgan fingerprint density at radius 2 is 1.76 bits per heavy atom. The molecule has 3 aromatic rings. The van der Waals surface area contributed by atoms with Crippen LogP contribution in [0.3, 0.4) is 0 Å². The highest BCUT2D eigenvalue weighted by Gasteiger charge is 2.27. The van der Waals surface area contributed by atoms with Crippen LogP contribution in [0.4, 0.5) is 0 Å². The van der Waals surface area contributed by atoms with Crippen LogP contribution >= 0.6 is 23.4 Å². The Morgan fingerprint density at radius 3 is 2.52 bits per heavy atom. The lowest BCUT2D eigenvalue weighted by molar-refractivity contribution is 0.792. The Balaban J connectivity index is 1.66. The number of aromatic nitrogens is 3. The molecule has 0 amide bonds. The van der Waals surface area contributed by atoms with Gasteiger partial charge in [0.25, 0.3) is 0 Å². The maximum absolute atomic E-state index is 5.94. The summed E-state index contributed by atoms with van der Waals surface area (Å²) >= 11 is 7.58. The van der Waals surface area contributed by atoms with Crippen molar-refractivity contribution < 1.29 is 0 Å². The highest BCUT2D eigenvalue weighted by molar-refractivity contribution is 7.99. The van der Waals surface area contributed by atoms with E-state index >= 15 is 0 Å². The van der Waals surface area contributed by atoms with Gasteiger partial charge in [0.15, 0.2) is 5.82 Å². The molecule has 4 rings (SSSR count). The van der Waals surface area contributed by atoms with E-state index in [-0.39, 0.29) is 5.37 Å². The largest absolute Gasteiger partial charge is 0.304 e. The maximum atomic E-state index is 5.94. The number of nitrogens with zero attached hydrogens (tertiary/aromatic N) is 3. The van der Waals surface area contributed by atoms with Crippen molar-refractivity contribution in [2.45, 2.75) is 10.5 Å². The van der Waals surface area contributed by atoms with Gasteiger partial charge in [0, 0.05) is 10.6 Å². The van der Waals surface area contributed by atoms with Gasteiger partial charge >= 0.3 is 0 Å². The summed E-state index contributed by atoms with van der Waals surface area (Å²) in [6.07, 6.45) is 0. The standard InChI is InChI=1S/C15H11ClN4S/c16-12-8-6-11(7-9-12)14-19-20-13(17-18-15(20)21-14)10-4-2-1-3-5-10/h1-9,14,19H. The molecule has 0 spiro atoms. The number of hydrogen-bond donors (Lipinski definition) is 1. The lowest BCUT2D eigenvalue weighted by atomic mass is 10.2. The fraction of sp³-hybridized carbons (Fsp3) is 0.0667. The molecule has 0 radical (unpaired) electrons. The van der Waals surface area contributed by atoms with Crippen molar-refractivity contribution in [1.82, 2.24) is 14.9 Å². The average Bonchev–Trinajstić information content (AvgIpc) is 3.09. The molecule has 1 N–H and O–H groups in total. The fourth-order valence-electron chi connectivity index (χ4n) is 2.27. The molecular weight excluding hydrogens is 304 g/mol. The maximum Gasteiger partial charge on any atom is 0.212 e. The second-order valence-corrected chi connectivity index (χ2v) is 6.19. The first-order chi connectivity index (χ1) is 10.3. The number of nitrogens with one attached hydrogen (secondary N) is 1. The lowest BCUT2D eigenvalue weighted by Gasteiger charge is -2.12. The van der Waals surface area contributed by atoms with Crippen LogP contribution in [0.1, 0.15) is 10.9 Å². The molecule has 1 unspecified atom stereocenters. The molecule has 21 heavy (non-hydrogen) atoms. The summed E-state index contributed by atoms with van der Waals surface area (Å²) < 4.78 is 1.94. The Morgan fingerprint density at radius 1 is 1.00 bits per heavy atom. The average molecular weight is 315 g/mol. The molecule has 2 heterocycles.